The second-order valence-electron chi connectivity index (χ2n) is 6.70. The average Bonchev–Trinajstić information content (AvgIpc) is 2.70. The number of hydrogen-bond acceptors (Lipinski definition) is 6. The standard InChI is InChI=1S/C21H18N2O5/c1-11-8-13(9-12-10-15(20(25)27-3)21(26)28-17(11)12)18-22-16-7-5-4-6-14(16)19(24)23(18)2/h4-10,18,22H,1-3H3. The molecule has 0 radical (unpaired) electrons. The van der Waals surface area contributed by atoms with Crippen LogP contribution in [0.15, 0.2) is 51.7 Å². The number of fused-ring (bicyclic) bond motifs is 2. The second-order valence-corrected chi connectivity index (χ2v) is 6.70. The lowest BCUT2D eigenvalue weighted by Crippen LogP contribution is -2.40. The molecule has 0 fully saturated rings. The first-order valence-corrected chi connectivity index (χ1v) is 8.70. The lowest BCUT2D eigenvalue weighted by atomic mass is 10.00. The summed E-state index contributed by atoms with van der Waals surface area (Å²) in [5, 5.41) is 3.95. The Labute approximate surface area is 160 Å². The Morgan fingerprint density at radius 1 is 1.18 bits per heavy atom. The number of para-hydroxylation sites is 1. The summed E-state index contributed by atoms with van der Waals surface area (Å²) in [6.45, 7) is 1.81. The molecule has 142 valence electrons. The number of methoxy groups -OCH3 is 1. The minimum Gasteiger partial charge on any atom is -0.465 e. The van der Waals surface area contributed by atoms with E-state index < -0.39 is 17.8 Å². The number of esters is 1. The van der Waals surface area contributed by atoms with Crippen LogP contribution in [0.1, 0.15) is 38.0 Å². The fraction of sp³-hybridized carbons (Fsp3) is 0.190. The van der Waals surface area contributed by atoms with Crippen molar-refractivity contribution in [3.8, 4) is 0 Å². The van der Waals surface area contributed by atoms with Gasteiger partial charge in [-0.2, -0.15) is 0 Å². The molecule has 1 aromatic heterocycles. The fourth-order valence-electron chi connectivity index (χ4n) is 3.50. The number of hydrogen-bond donors (Lipinski definition) is 1. The minimum absolute atomic E-state index is 0.0908. The predicted molar refractivity (Wildman–Crippen MR) is 103 cm³/mol. The van der Waals surface area contributed by atoms with Gasteiger partial charge in [-0.3, -0.25) is 4.79 Å². The van der Waals surface area contributed by atoms with Crippen LogP contribution in [0, 0.1) is 6.92 Å². The first kappa shape index (κ1) is 17.8. The van der Waals surface area contributed by atoms with Gasteiger partial charge in [0.2, 0.25) is 0 Å². The normalized spacial score (nSPS) is 15.9. The quantitative estimate of drug-likeness (QED) is 0.545. The summed E-state index contributed by atoms with van der Waals surface area (Å²) in [6.07, 6.45) is -0.404. The Morgan fingerprint density at radius 3 is 2.68 bits per heavy atom. The van der Waals surface area contributed by atoms with Gasteiger partial charge in [-0.15, -0.1) is 0 Å². The number of nitrogens with one attached hydrogen (secondary N) is 1. The monoisotopic (exact) mass is 378 g/mol. The van der Waals surface area contributed by atoms with Gasteiger partial charge >= 0.3 is 11.6 Å². The van der Waals surface area contributed by atoms with Gasteiger partial charge < -0.3 is 19.4 Å². The third kappa shape index (κ3) is 2.72. The number of anilines is 1. The van der Waals surface area contributed by atoms with Gasteiger partial charge in [-0.25, -0.2) is 9.59 Å². The number of aryl methyl sites for hydroxylation is 1. The molecule has 1 N–H and O–H groups in total. The molecule has 1 atom stereocenters. The molecule has 1 aliphatic rings. The zero-order valence-corrected chi connectivity index (χ0v) is 15.6. The number of nitrogens with zero attached hydrogens (tertiary/aromatic N) is 1. The van der Waals surface area contributed by atoms with Crippen LogP contribution in [0.25, 0.3) is 11.0 Å². The maximum atomic E-state index is 12.7. The summed E-state index contributed by atoms with van der Waals surface area (Å²) in [5.41, 5.74) is 2.38. The van der Waals surface area contributed by atoms with E-state index in [0.717, 1.165) is 16.8 Å². The van der Waals surface area contributed by atoms with Gasteiger partial charge in [-0.05, 0) is 48.4 Å². The second kappa shape index (κ2) is 6.53. The van der Waals surface area contributed by atoms with Gasteiger partial charge in [-0.1, -0.05) is 12.1 Å². The summed E-state index contributed by atoms with van der Waals surface area (Å²) in [4.78, 5) is 38.3. The molecule has 7 nitrogen and oxygen atoms in total. The van der Waals surface area contributed by atoms with Crippen LogP contribution in [-0.2, 0) is 4.74 Å². The first-order chi connectivity index (χ1) is 13.4. The summed E-state index contributed by atoms with van der Waals surface area (Å²) in [7, 11) is 2.93. The lowest BCUT2D eigenvalue weighted by Gasteiger charge is -2.35. The molecule has 0 aliphatic carbocycles. The highest BCUT2D eigenvalue weighted by Crippen LogP contribution is 2.34. The van der Waals surface area contributed by atoms with E-state index in [0.29, 0.717) is 16.5 Å². The molecular weight excluding hydrogens is 360 g/mol. The molecule has 1 aliphatic heterocycles. The number of amides is 1. The van der Waals surface area contributed by atoms with Crippen molar-refractivity contribution in [2.24, 2.45) is 0 Å². The molecule has 0 spiro atoms. The third-order valence-electron chi connectivity index (χ3n) is 4.92. The highest BCUT2D eigenvalue weighted by Gasteiger charge is 2.30. The van der Waals surface area contributed by atoms with Gasteiger partial charge in [0.1, 0.15) is 17.3 Å². The number of carbonyl (C=O) groups excluding carboxylic acids is 2. The van der Waals surface area contributed by atoms with E-state index in [1.807, 2.05) is 31.2 Å². The zero-order chi connectivity index (χ0) is 20.0. The van der Waals surface area contributed by atoms with Crippen LogP contribution in [0.5, 0.6) is 0 Å². The minimum atomic E-state index is -0.754. The largest absolute Gasteiger partial charge is 0.465 e. The molecule has 0 bridgehead atoms. The highest BCUT2D eigenvalue weighted by atomic mass is 16.5. The molecule has 7 heteroatoms. The SMILES string of the molecule is COC(=O)c1cc2cc(C3Nc4ccccc4C(=O)N3C)cc(C)c2oc1=O. The molecule has 3 aromatic rings. The maximum absolute atomic E-state index is 12.7. The van der Waals surface area contributed by atoms with Crippen molar-refractivity contribution in [2.75, 3.05) is 19.5 Å². The number of ether oxygens (including phenoxy) is 1. The van der Waals surface area contributed by atoms with Crippen LogP contribution in [-0.4, -0.2) is 30.9 Å². The third-order valence-corrected chi connectivity index (χ3v) is 4.92. The van der Waals surface area contributed by atoms with Crippen molar-refractivity contribution in [3.63, 3.8) is 0 Å². The Balaban J connectivity index is 1.85. The van der Waals surface area contributed by atoms with Crippen LogP contribution in [0.3, 0.4) is 0 Å². The smallest absolute Gasteiger partial charge is 0.351 e. The maximum Gasteiger partial charge on any atom is 0.351 e. The van der Waals surface area contributed by atoms with E-state index in [9.17, 15) is 14.4 Å². The van der Waals surface area contributed by atoms with E-state index in [-0.39, 0.29) is 11.5 Å². The molecule has 0 saturated carbocycles. The van der Waals surface area contributed by atoms with Crippen LogP contribution < -0.4 is 10.9 Å². The lowest BCUT2D eigenvalue weighted by molar-refractivity contribution is 0.0596. The average molecular weight is 378 g/mol. The molecule has 2 heterocycles. The molecule has 1 unspecified atom stereocenters. The Kier molecular flexibility index (Phi) is 4.15. The van der Waals surface area contributed by atoms with Crippen molar-refractivity contribution in [1.29, 1.82) is 0 Å². The van der Waals surface area contributed by atoms with Crippen LogP contribution in [0.2, 0.25) is 0 Å². The Hall–Kier alpha value is -3.61. The molecule has 2 aromatic carbocycles. The van der Waals surface area contributed by atoms with Gasteiger partial charge in [0.25, 0.3) is 5.91 Å². The summed E-state index contributed by atoms with van der Waals surface area (Å²) >= 11 is 0. The number of benzene rings is 2. The van der Waals surface area contributed by atoms with E-state index in [2.05, 4.69) is 10.1 Å². The van der Waals surface area contributed by atoms with Crippen molar-refractivity contribution < 1.29 is 18.7 Å². The van der Waals surface area contributed by atoms with E-state index >= 15 is 0 Å². The van der Waals surface area contributed by atoms with Crippen molar-refractivity contribution in [1.82, 2.24) is 4.90 Å². The molecule has 0 saturated heterocycles. The van der Waals surface area contributed by atoms with E-state index in [4.69, 9.17) is 4.42 Å². The van der Waals surface area contributed by atoms with Gasteiger partial charge in [0.05, 0.1) is 12.7 Å². The first-order valence-electron chi connectivity index (χ1n) is 8.70. The molecule has 1 amide bonds. The van der Waals surface area contributed by atoms with Crippen molar-refractivity contribution in [2.45, 2.75) is 13.1 Å². The highest BCUT2D eigenvalue weighted by molar-refractivity contribution is 6.01. The van der Waals surface area contributed by atoms with Crippen molar-refractivity contribution >= 4 is 28.5 Å². The molecular formula is C21H18N2O5. The number of rotatable bonds is 2. The van der Waals surface area contributed by atoms with Crippen LogP contribution in [0.4, 0.5) is 5.69 Å². The van der Waals surface area contributed by atoms with Crippen LogP contribution >= 0.6 is 0 Å². The van der Waals surface area contributed by atoms with E-state index in [1.54, 1.807) is 24.1 Å². The van der Waals surface area contributed by atoms with E-state index in [1.165, 1.54) is 13.2 Å². The topological polar surface area (TPSA) is 88.8 Å². The Morgan fingerprint density at radius 2 is 1.93 bits per heavy atom. The molecule has 28 heavy (non-hydrogen) atoms. The van der Waals surface area contributed by atoms with Crippen molar-refractivity contribution in [3.05, 3.63) is 75.1 Å². The summed E-state index contributed by atoms with van der Waals surface area (Å²) in [5.74, 6) is -0.845. The Bertz CT molecular complexity index is 1180. The summed E-state index contributed by atoms with van der Waals surface area (Å²) in [6, 6.07) is 12.4. The zero-order valence-electron chi connectivity index (χ0n) is 15.6. The summed E-state index contributed by atoms with van der Waals surface area (Å²) < 4.78 is 9.98. The fourth-order valence-corrected chi connectivity index (χ4v) is 3.50. The predicted octanol–water partition coefficient (Wildman–Crippen LogP) is 3.08. The number of carbonyl (C=O) groups is 2. The van der Waals surface area contributed by atoms with Gasteiger partial charge in [0.15, 0.2) is 0 Å². The van der Waals surface area contributed by atoms with Gasteiger partial charge in [0, 0.05) is 18.1 Å². The molecule has 4 rings (SSSR count).